The topological polar surface area (TPSA) is 54.7 Å². The number of amides is 1. The lowest BCUT2D eigenvalue weighted by molar-refractivity contribution is 0.0915. The SMILES string of the molecule is CCc1ccc(C(CNC(=O)c2oc3ccc(OC)cc3c2C)N(C)C)cc1. The number of carbonyl (C=O) groups excluding carboxylic acids is 1. The Morgan fingerprint density at radius 1 is 1.18 bits per heavy atom. The molecule has 1 atom stereocenters. The van der Waals surface area contributed by atoms with Gasteiger partial charge < -0.3 is 19.4 Å². The number of nitrogens with one attached hydrogen (secondary N) is 1. The standard InChI is InChI=1S/C23H28N2O3/c1-6-16-7-9-17(10-8-16)20(25(3)4)14-24-23(26)22-15(2)19-13-18(27-5)11-12-21(19)28-22/h7-13,20H,6,14H2,1-5H3,(H,24,26). The number of carbonyl (C=O) groups is 1. The van der Waals surface area contributed by atoms with E-state index in [0.717, 1.165) is 23.1 Å². The molecule has 0 aliphatic heterocycles. The van der Waals surface area contributed by atoms with Crippen molar-refractivity contribution < 1.29 is 13.9 Å². The van der Waals surface area contributed by atoms with Crippen LogP contribution in [0.5, 0.6) is 5.75 Å². The molecule has 148 valence electrons. The van der Waals surface area contributed by atoms with E-state index in [9.17, 15) is 4.79 Å². The van der Waals surface area contributed by atoms with Crippen molar-refractivity contribution in [2.45, 2.75) is 26.3 Å². The Morgan fingerprint density at radius 2 is 1.89 bits per heavy atom. The third-order valence-corrected chi connectivity index (χ3v) is 5.20. The summed E-state index contributed by atoms with van der Waals surface area (Å²) in [7, 11) is 5.66. The fourth-order valence-electron chi connectivity index (χ4n) is 3.39. The van der Waals surface area contributed by atoms with Gasteiger partial charge in [-0.1, -0.05) is 31.2 Å². The lowest BCUT2D eigenvalue weighted by atomic mass is 10.0. The van der Waals surface area contributed by atoms with Crippen LogP contribution in [0.25, 0.3) is 11.0 Å². The second kappa shape index (κ2) is 8.48. The van der Waals surface area contributed by atoms with Gasteiger partial charge in [-0.05, 0) is 56.8 Å². The summed E-state index contributed by atoms with van der Waals surface area (Å²) in [6, 6.07) is 14.2. The number of likely N-dealkylation sites (N-methyl/N-ethyl adjacent to an activating group) is 1. The number of fused-ring (bicyclic) bond motifs is 1. The molecular formula is C23H28N2O3. The monoisotopic (exact) mass is 380 g/mol. The lowest BCUT2D eigenvalue weighted by Crippen LogP contribution is -2.34. The van der Waals surface area contributed by atoms with Gasteiger partial charge in [0.1, 0.15) is 11.3 Å². The zero-order valence-corrected chi connectivity index (χ0v) is 17.2. The summed E-state index contributed by atoms with van der Waals surface area (Å²) >= 11 is 0. The second-order valence-corrected chi connectivity index (χ2v) is 7.20. The molecule has 1 N–H and O–H groups in total. The first-order valence-corrected chi connectivity index (χ1v) is 9.55. The molecule has 0 aliphatic carbocycles. The number of benzene rings is 2. The maximum Gasteiger partial charge on any atom is 0.287 e. The van der Waals surface area contributed by atoms with Crippen LogP contribution >= 0.6 is 0 Å². The van der Waals surface area contributed by atoms with Gasteiger partial charge in [0.2, 0.25) is 0 Å². The van der Waals surface area contributed by atoms with Crippen molar-refractivity contribution in [3.8, 4) is 5.75 Å². The summed E-state index contributed by atoms with van der Waals surface area (Å²) in [5.41, 5.74) is 3.98. The Labute approximate surface area is 166 Å². The Kier molecular flexibility index (Phi) is 6.05. The molecule has 1 unspecified atom stereocenters. The molecular weight excluding hydrogens is 352 g/mol. The summed E-state index contributed by atoms with van der Waals surface area (Å²) in [5.74, 6) is 0.887. The number of hydrogen-bond donors (Lipinski definition) is 1. The zero-order chi connectivity index (χ0) is 20.3. The van der Waals surface area contributed by atoms with Crippen LogP contribution in [0.3, 0.4) is 0 Å². The second-order valence-electron chi connectivity index (χ2n) is 7.20. The summed E-state index contributed by atoms with van der Waals surface area (Å²) in [5, 5.41) is 3.92. The molecule has 0 saturated heterocycles. The highest BCUT2D eigenvalue weighted by Gasteiger charge is 2.21. The van der Waals surface area contributed by atoms with E-state index in [2.05, 4.69) is 41.4 Å². The van der Waals surface area contributed by atoms with E-state index in [-0.39, 0.29) is 11.9 Å². The van der Waals surface area contributed by atoms with Crippen molar-refractivity contribution in [3.63, 3.8) is 0 Å². The molecule has 5 heteroatoms. The van der Waals surface area contributed by atoms with Gasteiger partial charge in [-0.3, -0.25) is 4.79 Å². The van der Waals surface area contributed by atoms with Gasteiger partial charge in [-0.15, -0.1) is 0 Å². The van der Waals surface area contributed by atoms with Crippen LogP contribution in [-0.4, -0.2) is 38.6 Å². The van der Waals surface area contributed by atoms with Crippen LogP contribution in [0, 0.1) is 6.92 Å². The molecule has 28 heavy (non-hydrogen) atoms. The Bertz CT molecular complexity index is 958. The van der Waals surface area contributed by atoms with Gasteiger partial charge in [-0.2, -0.15) is 0 Å². The molecule has 0 saturated carbocycles. The number of ether oxygens (including phenoxy) is 1. The van der Waals surface area contributed by atoms with Crippen LogP contribution in [0.15, 0.2) is 46.9 Å². The summed E-state index contributed by atoms with van der Waals surface area (Å²) in [4.78, 5) is 14.9. The van der Waals surface area contributed by atoms with E-state index >= 15 is 0 Å². The summed E-state index contributed by atoms with van der Waals surface area (Å²) in [6.45, 7) is 4.54. The van der Waals surface area contributed by atoms with Crippen LogP contribution in [0.1, 0.15) is 40.2 Å². The van der Waals surface area contributed by atoms with Crippen LogP contribution in [0.2, 0.25) is 0 Å². The van der Waals surface area contributed by atoms with Crippen LogP contribution in [0.4, 0.5) is 0 Å². The average molecular weight is 380 g/mol. The first-order chi connectivity index (χ1) is 13.4. The average Bonchev–Trinajstić information content (AvgIpc) is 3.04. The van der Waals surface area contributed by atoms with Gasteiger partial charge in [-0.25, -0.2) is 0 Å². The molecule has 3 rings (SSSR count). The molecule has 1 aromatic heterocycles. The molecule has 0 fully saturated rings. The van der Waals surface area contributed by atoms with Crippen molar-refractivity contribution in [3.05, 3.63) is 64.9 Å². The van der Waals surface area contributed by atoms with Crippen molar-refractivity contribution in [1.29, 1.82) is 0 Å². The van der Waals surface area contributed by atoms with E-state index in [0.29, 0.717) is 17.9 Å². The van der Waals surface area contributed by atoms with E-state index < -0.39 is 0 Å². The number of aryl methyl sites for hydroxylation is 2. The number of methoxy groups -OCH3 is 1. The Hall–Kier alpha value is -2.79. The molecule has 5 nitrogen and oxygen atoms in total. The number of furan rings is 1. The smallest absolute Gasteiger partial charge is 0.287 e. The molecule has 0 radical (unpaired) electrons. The van der Waals surface area contributed by atoms with Crippen molar-refractivity contribution >= 4 is 16.9 Å². The zero-order valence-electron chi connectivity index (χ0n) is 17.2. The fourth-order valence-corrected chi connectivity index (χ4v) is 3.39. The molecule has 0 bridgehead atoms. The first kappa shape index (κ1) is 20.0. The number of rotatable bonds is 7. The third kappa shape index (κ3) is 4.04. The molecule has 0 spiro atoms. The minimum atomic E-state index is -0.204. The van der Waals surface area contributed by atoms with E-state index in [1.807, 2.05) is 39.2 Å². The minimum Gasteiger partial charge on any atom is -0.497 e. The minimum absolute atomic E-state index is 0.0830. The first-order valence-electron chi connectivity index (χ1n) is 9.55. The molecule has 0 aliphatic rings. The van der Waals surface area contributed by atoms with E-state index in [4.69, 9.17) is 9.15 Å². The normalized spacial score (nSPS) is 12.4. The number of hydrogen-bond acceptors (Lipinski definition) is 4. The maximum absolute atomic E-state index is 12.8. The van der Waals surface area contributed by atoms with E-state index in [1.54, 1.807) is 7.11 Å². The third-order valence-electron chi connectivity index (χ3n) is 5.20. The van der Waals surface area contributed by atoms with Crippen LogP contribution in [-0.2, 0) is 6.42 Å². The van der Waals surface area contributed by atoms with Crippen LogP contribution < -0.4 is 10.1 Å². The highest BCUT2D eigenvalue weighted by molar-refractivity contribution is 5.99. The quantitative estimate of drug-likeness (QED) is 0.662. The van der Waals surface area contributed by atoms with Gasteiger partial charge in [0, 0.05) is 17.5 Å². The van der Waals surface area contributed by atoms with Gasteiger partial charge in [0.15, 0.2) is 5.76 Å². The largest absolute Gasteiger partial charge is 0.497 e. The predicted octanol–water partition coefficient (Wildman–Crippen LogP) is 4.34. The predicted molar refractivity (Wildman–Crippen MR) is 112 cm³/mol. The number of nitrogens with zero attached hydrogens (tertiary/aromatic N) is 1. The van der Waals surface area contributed by atoms with Crippen molar-refractivity contribution in [2.75, 3.05) is 27.7 Å². The Morgan fingerprint density at radius 3 is 2.50 bits per heavy atom. The maximum atomic E-state index is 12.8. The fraction of sp³-hybridized carbons (Fsp3) is 0.348. The highest BCUT2D eigenvalue weighted by atomic mass is 16.5. The highest BCUT2D eigenvalue weighted by Crippen LogP contribution is 2.29. The molecule has 2 aromatic carbocycles. The summed E-state index contributed by atoms with van der Waals surface area (Å²) < 4.78 is 11.1. The summed E-state index contributed by atoms with van der Waals surface area (Å²) in [6.07, 6.45) is 1.01. The van der Waals surface area contributed by atoms with Crippen molar-refractivity contribution in [1.82, 2.24) is 10.2 Å². The van der Waals surface area contributed by atoms with Crippen molar-refractivity contribution in [2.24, 2.45) is 0 Å². The van der Waals surface area contributed by atoms with E-state index in [1.165, 1.54) is 11.1 Å². The Balaban J connectivity index is 1.77. The van der Waals surface area contributed by atoms with Gasteiger partial charge in [0.25, 0.3) is 5.91 Å². The molecule has 1 heterocycles. The van der Waals surface area contributed by atoms with Gasteiger partial charge in [0.05, 0.1) is 13.2 Å². The van der Waals surface area contributed by atoms with Gasteiger partial charge >= 0.3 is 0 Å². The molecule has 1 amide bonds. The molecule has 3 aromatic rings. The lowest BCUT2D eigenvalue weighted by Gasteiger charge is -2.25.